The normalized spacial score (nSPS) is 9.40. The molecule has 1 rings (SSSR count). The van der Waals surface area contributed by atoms with Crippen molar-refractivity contribution in [2.75, 3.05) is 11.9 Å². The van der Waals surface area contributed by atoms with Crippen molar-refractivity contribution in [3.63, 3.8) is 0 Å². The van der Waals surface area contributed by atoms with E-state index in [1.54, 1.807) is 6.92 Å². The van der Waals surface area contributed by atoms with Gasteiger partial charge in [0.2, 0.25) is 0 Å². The number of Topliss-reactive ketones (excluding diaryl/α,β-unsaturated/α-hetero) is 1. The lowest BCUT2D eigenvalue weighted by Gasteiger charge is -2.11. The van der Waals surface area contributed by atoms with E-state index in [9.17, 15) is 4.79 Å². The van der Waals surface area contributed by atoms with E-state index >= 15 is 0 Å². The van der Waals surface area contributed by atoms with Crippen molar-refractivity contribution in [2.24, 2.45) is 0 Å². The molecular formula is C13H15NO. The number of ketones is 1. The first-order valence-corrected chi connectivity index (χ1v) is 5.00. The SMILES string of the molecule is C#CCNc1cccc(CC)c1C(C)=O. The van der Waals surface area contributed by atoms with E-state index < -0.39 is 0 Å². The molecule has 0 radical (unpaired) electrons. The van der Waals surface area contributed by atoms with E-state index in [1.807, 2.05) is 25.1 Å². The summed E-state index contributed by atoms with van der Waals surface area (Å²) >= 11 is 0. The number of anilines is 1. The van der Waals surface area contributed by atoms with E-state index in [4.69, 9.17) is 6.42 Å². The molecule has 0 aromatic heterocycles. The topological polar surface area (TPSA) is 29.1 Å². The first kappa shape index (κ1) is 11.3. The van der Waals surface area contributed by atoms with Crippen molar-refractivity contribution in [1.82, 2.24) is 0 Å². The fourth-order valence-corrected chi connectivity index (χ4v) is 1.60. The highest BCUT2D eigenvalue weighted by Crippen LogP contribution is 2.21. The lowest BCUT2D eigenvalue weighted by molar-refractivity contribution is 0.101. The Hall–Kier alpha value is -1.75. The van der Waals surface area contributed by atoms with E-state index in [0.29, 0.717) is 6.54 Å². The van der Waals surface area contributed by atoms with Gasteiger partial charge >= 0.3 is 0 Å². The average Bonchev–Trinajstić information content (AvgIpc) is 2.25. The minimum absolute atomic E-state index is 0.0759. The van der Waals surface area contributed by atoms with Gasteiger partial charge in [-0.05, 0) is 25.0 Å². The third-order valence-corrected chi connectivity index (χ3v) is 2.26. The molecule has 1 N–H and O–H groups in total. The molecule has 2 heteroatoms. The number of hydrogen-bond acceptors (Lipinski definition) is 2. The monoisotopic (exact) mass is 201 g/mol. The molecule has 1 aromatic carbocycles. The van der Waals surface area contributed by atoms with E-state index in [1.165, 1.54) is 0 Å². The van der Waals surface area contributed by atoms with Gasteiger partial charge in [-0.3, -0.25) is 4.79 Å². The standard InChI is InChI=1S/C13H15NO/c1-4-9-14-12-8-6-7-11(5-2)13(12)10(3)15/h1,6-8,14H,5,9H2,2-3H3. The predicted octanol–water partition coefficient (Wildman–Crippen LogP) is 2.50. The molecule has 0 unspecified atom stereocenters. The zero-order valence-corrected chi connectivity index (χ0v) is 9.13. The van der Waals surface area contributed by atoms with Crippen LogP contribution in [0.25, 0.3) is 0 Å². The number of terminal acetylenes is 1. The Balaban J connectivity index is 3.14. The van der Waals surface area contributed by atoms with Crippen molar-refractivity contribution >= 4 is 11.5 Å². The number of rotatable bonds is 4. The van der Waals surface area contributed by atoms with Gasteiger partial charge in [0, 0.05) is 11.3 Å². The number of hydrogen-bond donors (Lipinski definition) is 1. The maximum atomic E-state index is 11.5. The smallest absolute Gasteiger partial charge is 0.162 e. The van der Waals surface area contributed by atoms with E-state index in [2.05, 4.69) is 11.2 Å². The van der Waals surface area contributed by atoms with Gasteiger partial charge in [0.1, 0.15) is 0 Å². The highest BCUT2D eigenvalue weighted by molar-refractivity contribution is 6.01. The molecule has 0 bridgehead atoms. The predicted molar refractivity (Wildman–Crippen MR) is 63.1 cm³/mol. The molecule has 2 nitrogen and oxygen atoms in total. The Morgan fingerprint density at radius 2 is 2.27 bits per heavy atom. The van der Waals surface area contributed by atoms with E-state index in [-0.39, 0.29) is 5.78 Å². The van der Waals surface area contributed by atoms with Crippen molar-refractivity contribution in [3.05, 3.63) is 29.3 Å². The highest BCUT2D eigenvalue weighted by atomic mass is 16.1. The highest BCUT2D eigenvalue weighted by Gasteiger charge is 2.10. The molecular weight excluding hydrogens is 186 g/mol. The molecule has 0 heterocycles. The average molecular weight is 201 g/mol. The van der Waals surface area contributed by atoms with Crippen LogP contribution in [0.2, 0.25) is 0 Å². The summed E-state index contributed by atoms with van der Waals surface area (Å²) in [7, 11) is 0. The second-order valence-corrected chi connectivity index (χ2v) is 3.31. The Bertz CT molecular complexity index is 401. The quantitative estimate of drug-likeness (QED) is 0.599. The van der Waals surface area contributed by atoms with Crippen LogP contribution in [0.15, 0.2) is 18.2 Å². The van der Waals surface area contributed by atoms with Crippen molar-refractivity contribution in [1.29, 1.82) is 0 Å². The van der Waals surface area contributed by atoms with Gasteiger partial charge in [0.05, 0.1) is 6.54 Å². The van der Waals surface area contributed by atoms with Gasteiger partial charge in [-0.15, -0.1) is 6.42 Å². The van der Waals surface area contributed by atoms with Gasteiger partial charge < -0.3 is 5.32 Å². The minimum Gasteiger partial charge on any atom is -0.374 e. The van der Waals surface area contributed by atoms with Crippen molar-refractivity contribution < 1.29 is 4.79 Å². The maximum Gasteiger partial charge on any atom is 0.162 e. The van der Waals surface area contributed by atoms with Crippen LogP contribution in [-0.4, -0.2) is 12.3 Å². The zero-order chi connectivity index (χ0) is 11.3. The summed E-state index contributed by atoms with van der Waals surface area (Å²) in [6, 6.07) is 5.79. The molecule has 15 heavy (non-hydrogen) atoms. The summed E-state index contributed by atoms with van der Waals surface area (Å²) in [5, 5.41) is 3.06. The Morgan fingerprint density at radius 3 is 2.80 bits per heavy atom. The first-order chi connectivity index (χ1) is 7.20. The molecule has 0 saturated heterocycles. The fourth-order valence-electron chi connectivity index (χ4n) is 1.60. The molecule has 0 spiro atoms. The van der Waals surface area contributed by atoms with E-state index in [0.717, 1.165) is 23.2 Å². The van der Waals surface area contributed by atoms with Crippen LogP contribution in [0, 0.1) is 12.3 Å². The second-order valence-electron chi connectivity index (χ2n) is 3.31. The second kappa shape index (κ2) is 5.21. The number of nitrogens with one attached hydrogen (secondary N) is 1. The molecule has 0 fully saturated rings. The molecule has 1 aromatic rings. The Labute approximate surface area is 90.7 Å². The maximum absolute atomic E-state index is 11.5. The summed E-state index contributed by atoms with van der Waals surface area (Å²) < 4.78 is 0. The van der Waals surface area contributed by atoms with Gasteiger partial charge in [-0.2, -0.15) is 0 Å². The van der Waals surface area contributed by atoms with Crippen LogP contribution in [0.5, 0.6) is 0 Å². The molecule has 78 valence electrons. The zero-order valence-electron chi connectivity index (χ0n) is 9.13. The van der Waals surface area contributed by atoms with Crippen molar-refractivity contribution in [3.8, 4) is 12.3 Å². The van der Waals surface area contributed by atoms with Crippen LogP contribution in [0.4, 0.5) is 5.69 Å². The number of aryl methyl sites for hydroxylation is 1. The number of carbonyl (C=O) groups is 1. The van der Waals surface area contributed by atoms with Crippen LogP contribution < -0.4 is 5.32 Å². The van der Waals surface area contributed by atoms with Crippen LogP contribution in [0.3, 0.4) is 0 Å². The van der Waals surface area contributed by atoms with Crippen molar-refractivity contribution in [2.45, 2.75) is 20.3 Å². The molecule has 0 aliphatic rings. The first-order valence-electron chi connectivity index (χ1n) is 5.00. The summed E-state index contributed by atoms with van der Waals surface area (Å²) in [6.45, 7) is 4.05. The van der Waals surface area contributed by atoms with Gasteiger partial charge in [-0.1, -0.05) is 25.0 Å². The van der Waals surface area contributed by atoms with Gasteiger partial charge in [0.15, 0.2) is 5.78 Å². The summed E-state index contributed by atoms with van der Waals surface area (Å²) in [5.41, 5.74) is 2.65. The summed E-state index contributed by atoms with van der Waals surface area (Å²) in [6.07, 6.45) is 6.02. The fraction of sp³-hybridized carbons (Fsp3) is 0.308. The van der Waals surface area contributed by atoms with Crippen LogP contribution in [0.1, 0.15) is 29.8 Å². The van der Waals surface area contributed by atoms with Gasteiger partial charge in [-0.25, -0.2) is 0 Å². The number of carbonyl (C=O) groups excluding carboxylic acids is 1. The summed E-state index contributed by atoms with van der Waals surface area (Å²) in [5.74, 6) is 2.57. The third-order valence-electron chi connectivity index (χ3n) is 2.26. The Kier molecular flexibility index (Phi) is 3.93. The number of benzene rings is 1. The summed E-state index contributed by atoms with van der Waals surface area (Å²) in [4.78, 5) is 11.5. The molecule has 0 aliphatic heterocycles. The minimum atomic E-state index is 0.0759. The molecule has 0 atom stereocenters. The van der Waals surface area contributed by atoms with Gasteiger partial charge in [0.25, 0.3) is 0 Å². The Morgan fingerprint density at radius 1 is 1.53 bits per heavy atom. The van der Waals surface area contributed by atoms with Crippen LogP contribution >= 0.6 is 0 Å². The largest absolute Gasteiger partial charge is 0.374 e. The van der Waals surface area contributed by atoms with Crippen LogP contribution in [-0.2, 0) is 6.42 Å². The molecule has 0 amide bonds. The third kappa shape index (κ3) is 2.60. The molecule has 0 saturated carbocycles. The lowest BCUT2D eigenvalue weighted by Crippen LogP contribution is -2.07. The molecule has 0 aliphatic carbocycles. The lowest BCUT2D eigenvalue weighted by atomic mass is 10.00.